The molecule has 1 atom stereocenters. The van der Waals surface area contributed by atoms with Gasteiger partial charge in [0.05, 0.1) is 0 Å². The van der Waals surface area contributed by atoms with Crippen LogP contribution in [0.3, 0.4) is 0 Å². The lowest BCUT2D eigenvalue weighted by Gasteiger charge is -2.41. The Morgan fingerprint density at radius 1 is 0.885 bits per heavy atom. The van der Waals surface area contributed by atoms with E-state index in [0.29, 0.717) is 11.8 Å². The van der Waals surface area contributed by atoms with Gasteiger partial charge in [0.2, 0.25) is 5.91 Å². The SMILES string of the molecule is CN1CCC(C(C(=O)N2CCCC2)(c2ccccc2)c2ccccc2)C1. The molecule has 2 aliphatic rings. The molecule has 0 saturated carbocycles. The lowest BCUT2D eigenvalue weighted by molar-refractivity contribution is -0.136. The monoisotopic (exact) mass is 348 g/mol. The number of carbonyl (C=O) groups is 1. The molecule has 3 nitrogen and oxygen atoms in total. The minimum Gasteiger partial charge on any atom is -0.342 e. The lowest BCUT2D eigenvalue weighted by Crippen LogP contribution is -2.52. The molecule has 26 heavy (non-hydrogen) atoms. The summed E-state index contributed by atoms with van der Waals surface area (Å²) in [6.45, 7) is 3.80. The molecule has 0 aromatic heterocycles. The summed E-state index contributed by atoms with van der Waals surface area (Å²) in [5.41, 5.74) is 1.70. The summed E-state index contributed by atoms with van der Waals surface area (Å²) in [6, 6.07) is 21.0. The van der Waals surface area contributed by atoms with Crippen molar-refractivity contribution in [2.24, 2.45) is 5.92 Å². The first kappa shape index (κ1) is 17.3. The number of amides is 1. The van der Waals surface area contributed by atoms with Gasteiger partial charge in [-0.25, -0.2) is 0 Å². The van der Waals surface area contributed by atoms with Gasteiger partial charge in [0.15, 0.2) is 0 Å². The zero-order valence-corrected chi connectivity index (χ0v) is 15.6. The van der Waals surface area contributed by atoms with Gasteiger partial charge in [-0.3, -0.25) is 4.79 Å². The number of benzene rings is 2. The van der Waals surface area contributed by atoms with E-state index in [4.69, 9.17) is 0 Å². The molecule has 1 unspecified atom stereocenters. The minimum absolute atomic E-state index is 0.297. The van der Waals surface area contributed by atoms with Crippen LogP contribution in [0.4, 0.5) is 0 Å². The predicted molar refractivity (Wildman–Crippen MR) is 105 cm³/mol. The quantitative estimate of drug-likeness (QED) is 0.844. The number of hydrogen-bond donors (Lipinski definition) is 0. The Morgan fingerprint density at radius 3 is 1.88 bits per heavy atom. The molecular formula is C23H28N2O. The maximum atomic E-state index is 14.1. The molecule has 2 fully saturated rings. The van der Waals surface area contributed by atoms with Gasteiger partial charge < -0.3 is 9.80 Å². The molecule has 4 rings (SSSR count). The Balaban J connectivity index is 1.92. The average Bonchev–Trinajstić information content (AvgIpc) is 3.36. The Hall–Kier alpha value is -2.13. The van der Waals surface area contributed by atoms with Gasteiger partial charge in [-0.1, -0.05) is 60.7 Å². The van der Waals surface area contributed by atoms with Crippen molar-refractivity contribution in [2.75, 3.05) is 33.2 Å². The summed E-state index contributed by atoms with van der Waals surface area (Å²) in [6.07, 6.45) is 3.30. The van der Waals surface area contributed by atoms with Gasteiger partial charge in [0.1, 0.15) is 5.41 Å². The highest BCUT2D eigenvalue weighted by Gasteiger charge is 2.52. The molecule has 2 aromatic carbocycles. The molecule has 2 saturated heterocycles. The van der Waals surface area contributed by atoms with Crippen LogP contribution in [0.2, 0.25) is 0 Å². The van der Waals surface area contributed by atoms with Crippen LogP contribution in [0.15, 0.2) is 60.7 Å². The molecule has 2 aromatic rings. The smallest absolute Gasteiger partial charge is 0.238 e. The fourth-order valence-corrected chi connectivity index (χ4v) is 4.92. The van der Waals surface area contributed by atoms with Crippen LogP contribution in [-0.4, -0.2) is 48.9 Å². The number of nitrogens with zero attached hydrogens (tertiary/aromatic N) is 2. The van der Waals surface area contributed by atoms with Crippen molar-refractivity contribution in [3.05, 3.63) is 71.8 Å². The van der Waals surface area contributed by atoms with Gasteiger partial charge in [0, 0.05) is 19.6 Å². The third-order valence-corrected chi connectivity index (χ3v) is 6.19. The zero-order valence-electron chi connectivity index (χ0n) is 15.6. The van der Waals surface area contributed by atoms with E-state index >= 15 is 0 Å². The van der Waals surface area contributed by atoms with Crippen molar-refractivity contribution < 1.29 is 4.79 Å². The third-order valence-electron chi connectivity index (χ3n) is 6.19. The summed E-state index contributed by atoms with van der Waals surface area (Å²) in [5.74, 6) is 0.595. The third kappa shape index (κ3) is 2.84. The lowest BCUT2D eigenvalue weighted by atomic mass is 9.64. The topological polar surface area (TPSA) is 23.6 Å². The van der Waals surface area contributed by atoms with E-state index in [1.165, 1.54) is 0 Å². The number of likely N-dealkylation sites (tertiary alicyclic amines) is 2. The van der Waals surface area contributed by atoms with Gasteiger partial charge in [-0.2, -0.15) is 0 Å². The predicted octanol–water partition coefficient (Wildman–Crippen LogP) is 3.55. The highest BCUT2D eigenvalue weighted by atomic mass is 16.2. The highest BCUT2D eigenvalue weighted by Crippen LogP contribution is 2.45. The van der Waals surface area contributed by atoms with Crippen molar-refractivity contribution in [3.8, 4) is 0 Å². The summed E-state index contributed by atoms with van der Waals surface area (Å²) in [7, 11) is 2.17. The molecular weight excluding hydrogens is 320 g/mol. The average molecular weight is 348 g/mol. The normalized spacial score (nSPS) is 21.3. The van der Waals surface area contributed by atoms with Crippen molar-refractivity contribution in [3.63, 3.8) is 0 Å². The van der Waals surface area contributed by atoms with E-state index in [0.717, 1.165) is 56.6 Å². The van der Waals surface area contributed by atoms with Gasteiger partial charge in [-0.05, 0) is 49.9 Å². The van der Waals surface area contributed by atoms with Crippen molar-refractivity contribution in [2.45, 2.75) is 24.7 Å². The molecule has 3 heteroatoms. The second kappa shape index (κ2) is 7.24. The van der Waals surface area contributed by atoms with Gasteiger partial charge in [-0.15, -0.1) is 0 Å². The summed E-state index contributed by atoms with van der Waals surface area (Å²) < 4.78 is 0. The molecule has 136 valence electrons. The molecule has 2 heterocycles. The summed E-state index contributed by atoms with van der Waals surface area (Å²) >= 11 is 0. The fraction of sp³-hybridized carbons (Fsp3) is 0.435. The summed E-state index contributed by atoms with van der Waals surface area (Å²) in [4.78, 5) is 18.5. The molecule has 0 spiro atoms. The zero-order chi connectivity index (χ0) is 18.0. The second-order valence-corrected chi connectivity index (χ2v) is 7.79. The molecule has 0 aliphatic carbocycles. The molecule has 0 radical (unpaired) electrons. The molecule has 2 aliphatic heterocycles. The van der Waals surface area contributed by atoms with Crippen LogP contribution < -0.4 is 0 Å². The van der Waals surface area contributed by atoms with E-state index in [1.807, 2.05) is 12.1 Å². The maximum absolute atomic E-state index is 14.1. The first-order valence-corrected chi connectivity index (χ1v) is 9.82. The van der Waals surface area contributed by atoms with Gasteiger partial charge >= 0.3 is 0 Å². The van der Waals surface area contributed by atoms with E-state index in [9.17, 15) is 4.79 Å². The Kier molecular flexibility index (Phi) is 4.82. The Bertz CT molecular complexity index is 698. The van der Waals surface area contributed by atoms with Crippen LogP contribution in [0.25, 0.3) is 0 Å². The second-order valence-electron chi connectivity index (χ2n) is 7.79. The molecule has 1 amide bonds. The van der Waals surface area contributed by atoms with Crippen LogP contribution in [-0.2, 0) is 10.2 Å². The molecule has 0 bridgehead atoms. The number of rotatable bonds is 4. The van der Waals surface area contributed by atoms with Crippen molar-refractivity contribution in [1.82, 2.24) is 9.80 Å². The fourth-order valence-electron chi connectivity index (χ4n) is 4.92. The van der Waals surface area contributed by atoms with Crippen LogP contribution >= 0.6 is 0 Å². The van der Waals surface area contributed by atoms with E-state index < -0.39 is 5.41 Å². The van der Waals surface area contributed by atoms with Crippen molar-refractivity contribution in [1.29, 1.82) is 0 Å². The first-order valence-electron chi connectivity index (χ1n) is 9.82. The Morgan fingerprint density at radius 2 is 1.42 bits per heavy atom. The van der Waals surface area contributed by atoms with E-state index in [-0.39, 0.29) is 0 Å². The van der Waals surface area contributed by atoms with E-state index in [2.05, 4.69) is 65.4 Å². The van der Waals surface area contributed by atoms with Crippen LogP contribution in [0.5, 0.6) is 0 Å². The molecule has 0 N–H and O–H groups in total. The Labute approximate surface area is 156 Å². The van der Waals surface area contributed by atoms with Crippen LogP contribution in [0, 0.1) is 5.92 Å². The number of hydrogen-bond acceptors (Lipinski definition) is 2. The minimum atomic E-state index is -0.586. The van der Waals surface area contributed by atoms with Gasteiger partial charge in [0.25, 0.3) is 0 Å². The van der Waals surface area contributed by atoms with Crippen molar-refractivity contribution >= 4 is 5.91 Å². The van der Waals surface area contributed by atoms with Crippen LogP contribution in [0.1, 0.15) is 30.4 Å². The largest absolute Gasteiger partial charge is 0.342 e. The highest BCUT2D eigenvalue weighted by molar-refractivity contribution is 5.93. The standard InChI is InChI=1S/C23H28N2O/c1-24-17-14-21(18-24)23(19-10-4-2-5-11-19,20-12-6-3-7-13-20)22(26)25-15-8-9-16-25/h2-7,10-13,21H,8-9,14-18H2,1H3. The maximum Gasteiger partial charge on any atom is 0.238 e. The first-order chi connectivity index (χ1) is 12.7. The number of carbonyl (C=O) groups excluding carboxylic acids is 1. The summed E-state index contributed by atoms with van der Waals surface area (Å²) in [5, 5.41) is 0. The van der Waals surface area contributed by atoms with E-state index in [1.54, 1.807) is 0 Å².